The molecule has 0 saturated heterocycles. The zero-order valence-electron chi connectivity index (χ0n) is 9.37. The SMILES string of the molecule is COc1ccc(-c2cn3cnccc3n2)cc1. The molecular weight excluding hydrogens is 214 g/mol. The summed E-state index contributed by atoms with van der Waals surface area (Å²) in [6.45, 7) is 0. The molecule has 0 aliphatic rings. The maximum atomic E-state index is 5.13. The first-order valence-electron chi connectivity index (χ1n) is 5.30. The van der Waals surface area contributed by atoms with Crippen molar-refractivity contribution in [3.8, 4) is 17.0 Å². The highest BCUT2D eigenvalue weighted by Crippen LogP contribution is 2.21. The molecule has 0 aliphatic carbocycles. The molecule has 2 aromatic heterocycles. The van der Waals surface area contributed by atoms with Crippen molar-refractivity contribution in [3.05, 3.63) is 49.1 Å². The van der Waals surface area contributed by atoms with Crippen molar-refractivity contribution >= 4 is 5.65 Å². The lowest BCUT2D eigenvalue weighted by Gasteiger charge is -1.99. The third-order valence-corrected chi connectivity index (χ3v) is 2.65. The first kappa shape index (κ1) is 9.84. The molecule has 0 fully saturated rings. The highest BCUT2D eigenvalue weighted by Gasteiger charge is 2.03. The Hall–Kier alpha value is -2.36. The van der Waals surface area contributed by atoms with Gasteiger partial charge in [0.1, 0.15) is 17.7 Å². The van der Waals surface area contributed by atoms with Crippen LogP contribution in [0.3, 0.4) is 0 Å². The van der Waals surface area contributed by atoms with E-state index in [-0.39, 0.29) is 0 Å². The minimum atomic E-state index is 0.846. The van der Waals surface area contributed by atoms with Crippen molar-refractivity contribution in [2.75, 3.05) is 7.11 Å². The number of fused-ring (bicyclic) bond motifs is 1. The monoisotopic (exact) mass is 225 g/mol. The van der Waals surface area contributed by atoms with E-state index in [1.807, 2.05) is 40.9 Å². The predicted octanol–water partition coefficient (Wildman–Crippen LogP) is 2.40. The normalized spacial score (nSPS) is 10.6. The molecule has 4 nitrogen and oxygen atoms in total. The van der Waals surface area contributed by atoms with Gasteiger partial charge >= 0.3 is 0 Å². The van der Waals surface area contributed by atoms with Crippen LogP contribution in [0, 0.1) is 0 Å². The van der Waals surface area contributed by atoms with Crippen molar-refractivity contribution in [3.63, 3.8) is 0 Å². The summed E-state index contributed by atoms with van der Waals surface area (Å²) in [4.78, 5) is 8.57. The van der Waals surface area contributed by atoms with Gasteiger partial charge in [-0.1, -0.05) is 0 Å². The molecule has 0 aliphatic heterocycles. The fourth-order valence-electron chi connectivity index (χ4n) is 1.74. The number of hydrogen-bond acceptors (Lipinski definition) is 3. The molecule has 17 heavy (non-hydrogen) atoms. The van der Waals surface area contributed by atoms with Crippen LogP contribution in [0.2, 0.25) is 0 Å². The molecule has 0 radical (unpaired) electrons. The van der Waals surface area contributed by atoms with Gasteiger partial charge in [0, 0.05) is 18.0 Å². The van der Waals surface area contributed by atoms with Crippen LogP contribution in [0.4, 0.5) is 0 Å². The topological polar surface area (TPSA) is 39.4 Å². The Morgan fingerprint density at radius 3 is 2.65 bits per heavy atom. The molecule has 0 spiro atoms. The molecule has 84 valence electrons. The molecule has 0 bridgehead atoms. The number of benzene rings is 1. The van der Waals surface area contributed by atoms with Crippen LogP contribution in [0.15, 0.2) is 49.1 Å². The molecule has 0 amide bonds. The van der Waals surface area contributed by atoms with E-state index >= 15 is 0 Å². The van der Waals surface area contributed by atoms with Crippen LogP contribution >= 0.6 is 0 Å². The number of rotatable bonds is 2. The van der Waals surface area contributed by atoms with Gasteiger partial charge < -0.3 is 4.74 Å². The van der Waals surface area contributed by atoms with E-state index in [2.05, 4.69) is 9.97 Å². The summed E-state index contributed by atoms with van der Waals surface area (Å²) in [5.74, 6) is 0.846. The third-order valence-electron chi connectivity index (χ3n) is 2.65. The summed E-state index contributed by atoms with van der Waals surface area (Å²) in [5, 5.41) is 0. The van der Waals surface area contributed by atoms with E-state index in [0.717, 1.165) is 22.7 Å². The molecule has 0 atom stereocenters. The first-order valence-corrected chi connectivity index (χ1v) is 5.30. The third kappa shape index (κ3) is 1.73. The number of aromatic nitrogens is 3. The summed E-state index contributed by atoms with van der Waals surface area (Å²) in [7, 11) is 1.66. The van der Waals surface area contributed by atoms with E-state index in [1.54, 1.807) is 19.6 Å². The van der Waals surface area contributed by atoms with E-state index in [1.165, 1.54) is 0 Å². The van der Waals surface area contributed by atoms with Gasteiger partial charge in [0.15, 0.2) is 0 Å². The lowest BCUT2D eigenvalue weighted by atomic mass is 10.2. The Kier molecular flexibility index (Phi) is 2.26. The summed E-state index contributed by atoms with van der Waals surface area (Å²) >= 11 is 0. The molecule has 4 heteroatoms. The van der Waals surface area contributed by atoms with Gasteiger partial charge in [0.05, 0.1) is 12.8 Å². The van der Waals surface area contributed by atoms with Gasteiger partial charge in [-0.2, -0.15) is 0 Å². The number of imidazole rings is 1. The fraction of sp³-hybridized carbons (Fsp3) is 0.0769. The molecule has 0 saturated carbocycles. The second kappa shape index (κ2) is 3.90. The fourth-order valence-corrected chi connectivity index (χ4v) is 1.74. The van der Waals surface area contributed by atoms with Gasteiger partial charge in [-0.3, -0.25) is 4.40 Å². The van der Waals surface area contributed by atoms with Crippen molar-refractivity contribution in [1.29, 1.82) is 0 Å². The average molecular weight is 225 g/mol. The van der Waals surface area contributed by atoms with Gasteiger partial charge in [0.25, 0.3) is 0 Å². The summed E-state index contributed by atoms with van der Waals surface area (Å²) < 4.78 is 7.03. The van der Waals surface area contributed by atoms with Crippen LogP contribution in [-0.2, 0) is 0 Å². The maximum Gasteiger partial charge on any atom is 0.140 e. The van der Waals surface area contributed by atoms with Crippen LogP contribution in [-0.4, -0.2) is 21.5 Å². The highest BCUT2D eigenvalue weighted by molar-refractivity contribution is 5.63. The molecule has 0 unspecified atom stereocenters. The summed E-state index contributed by atoms with van der Waals surface area (Å²) in [6, 6.07) is 9.73. The van der Waals surface area contributed by atoms with E-state index in [9.17, 15) is 0 Å². The molecule has 3 rings (SSSR count). The minimum Gasteiger partial charge on any atom is -0.497 e. The zero-order chi connectivity index (χ0) is 11.7. The number of nitrogens with zero attached hydrogens (tertiary/aromatic N) is 3. The van der Waals surface area contributed by atoms with Gasteiger partial charge in [0.2, 0.25) is 0 Å². The standard InChI is InChI=1S/C13H11N3O/c1-17-11-4-2-10(3-5-11)12-8-16-9-14-7-6-13(16)15-12/h2-9H,1H3. The lowest BCUT2D eigenvalue weighted by Crippen LogP contribution is -1.82. The Balaban J connectivity index is 2.07. The summed E-state index contributed by atoms with van der Waals surface area (Å²) in [5.41, 5.74) is 2.89. The van der Waals surface area contributed by atoms with E-state index < -0.39 is 0 Å². The van der Waals surface area contributed by atoms with Crippen molar-refractivity contribution in [1.82, 2.24) is 14.4 Å². The number of ether oxygens (including phenoxy) is 1. The van der Waals surface area contributed by atoms with Crippen molar-refractivity contribution in [2.24, 2.45) is 0 Å². The van der Waals surface area contributed by atoms with Gasteiger partial charge in [-0.25, -0.2) is 9.97 Å². The first-order chi connectivity index (χ1) is 8.36. The van der Waals surface area contributed by atoms with E-state index in [4.69, 9.17) is 4.74 Å². The molecule has 0 N–H and O–H groups in total. The smallest absolute Gasteiger partial charge is 0.140 e. The van der Waals surface area contributed by atoms with Gasteiger partial charge in [-0.05, 0) is 30.3 Å². The Morgan fingerprint density at radius 2 is 1.94 bits per heavy atom. The van der Waals surface area contributed by atoms with Crippen LogP contribution < -0.4 is 4.74 Å². The average Bonchev–Trinajstić information content (AvgIpc) is 2.82. The Bertz CT molecular complexity index is 610. The number of methoxy groups -OCH3 is 1. The molecular formula is C13H11N3O. The zero-order valence-corrected chi connectivity index (χ0v) is 9.37. The van der Waals surface area contributed by atoms with Crippen molar-refractivity contribution in [2.45, 2.75) is 0 Å². The van der Waals surface area contributed by atoms with Crippen LogP contribution in [0.1, 0.15) is 0 Å². The van der Waals surface area contributed by atoms with Crippen LogP contribution in [0.5, 0.6) is 5.75 Å². The molecule has 1 aromatic carbocycles. The largest absolute Gasteiger partial charge is 0.497 e. The predicted molar refractivity (Wildman–Crippen MR) is 65.0 cm³/mol. The maximum absolute atomic E-state index is 5.13. The minimum absolute atomic E-state index is 0.846. The second-order valence-corrected chi connectivity index (χ2v) is 3.70. The van der Waals surface area contributed by atoms with E-state index in [0.29, 0.717) is 0 Å². The quantitative estimate of drug-likeness (QED) is 0.672. The Morgan fingerprint density at radius 1 is 1.12 bits per heavy atom. The van der Waals surface area contributed by atoms with Gasteiger partial charge in [-0.15, -0.1) is 0 Å². The highest BCUT2D eigenvalue weighted by atomic mass is 16.5. The Labute approximate surface area is 98.5 Å². The molecule has 2 heterocycles. The van der Waals surface area contributed by atoms with Crippen molar-refractivity contribution < 1.29 is 4.74 Å². The summed E-state index contributed by atoms with van der Waals surface area (Å²) in [6.07, 6.45) is 5.44. The lowest BCUT2D eigenvalue weighted by molar-refractivity contribution is 0.415. The van der Waals surface area contributed by atoms with Crippen LogP contribution in [0.25, 0.3) is 16.9 Å². The molecule has 3 aromatic rings. The second-order valence-electron chi connectivity index (χ2n) is 3.70. The number of hydrogen-bond donors (Lipinski definition) is 0.